The Hall–Kier alpha value is -2.36. The molecule has 0 spiro atoms. The molecule has 1 aromatic rings. The molecule has 0 aromatic heterocycles. The summed E-state index contributed by atoms with van der Waals surface area (Å²) in [5.74, 6) is 0.787. The van der Waals surface area contributed by atoms with Gasteiger partial charge < -0.3 is 9.32 Å². The van der Waals surface area contributed by atoms with Crippen LogP contribution in [-0.2, 0) is 0 Å². The second-order valence-electron chi connectivity index (χ2n) is 6.07. The van der Waals surface area contributed by atoms with Gasteiger partial charge in [0.15, 0.2) is 11.3 Å². The predicted octanol–water partition coefficient (Wildman–Crippen LogP) is 4.32. The molecule has 3 rings (SSSR count). The monoisotopic (exact) mass is 323 g/mol. The maximum absolute atomic E-state index is 6.17. The molecule has 4 nitrogen and oxygen atoms in total. The van der Waals surface area contributed by atoms with Gasteiger partial charge in [-0.25, -0.2) is 4.98 Å². The lowest BCUT2D eigenvalue weighted by atomic mass is 10.1. The molecule has 1 aromatic carbocycles. The number of nitrogens with zero attached hydrogens (tertiary/aromatic N) is 3. The Bertz CT molecular complexity index is 907. The van der Waals surface area contributed by atoms with E-state index in [-0.39, 0.29) is 0 Å². The minimum absolute atomic E-state index is 0.763. The van der Waals surface area contributed by atoms with Gasteiger partial charge in [-0.3, -0.25) is 4.99 Å². The smallest absolute Gasteiger partial charge is 0.155 e. The first kappa shape index (κ1) is 16.5. The molecule has 24 heavy (non-hydrogen) atoms. The van der Waals surface area contributed by atoms with Gasteiger partial charge >= 0.3 is 0 Å². The van der Waals surface area contributed by atoms with Crippen LogP contribution in [0.15, 0.2) is 33.7 Å². The lowest BCUT2D eigenvalue weighted by Crippen LogP contribution is -2.22. The van der Waals surface area contributed by atoms with E-state index in [1.54, 1.807) is 0 Å². The van der Waals surface area contributed by atoms with Crippen LogP contribution in [0.4, 0.5) is 5.69 Å². The Labute approximate surface area is 143 Å². The van der Waals surface area contributed by atoms with Crippen molar-refractivity contribution < 1.29 is 4.42 Å². The average molecular weight is 323 g/mol. The van der Waals surface area contributed by atoms with Crippen LogP contribution in [0.1, 0.15) is 31.9 Å². The average Bonchev–Trinajstić information content (AvgIpc) is 2.56. The van der Waals surface area contributed by atoms with Crippen LogP contribution in [-0.4, -0.2) is 24.6 Å². The molecule has 0 unspecified atom stereocenters. The van der Waals surface area contributed by atoms with Crippen molar-refractivity contribution in [2.24, 2.45) is 4.99 Å². The second-order valence-corrected chi connectivity index (χ2v) is 6.07. The predicted molar refractivity (Wildman–Crippen MR) is 99.8 cm³/mol. The molecule has 0 saturated heterocycles. The van der Waals surface area contributed by atoms with E-state index < -0.39 is 0 Å². The maximum atomic E-state index is 6.17. The lowest BCUT2D eigenvalue weighted by molar-refractivity contribution is 0.611. The van der Waals surface area contributed by atoms with Crippen LogP contribution >= 0.6 is 0 Å². The normalized spacial score (nSPS) is 12.3. The van der Waals surface area contributed by atoms with E-state index in [0.717, 1.165) is 53.1 Å². The first-order valence-electron chi connectivity index (χ1n) is 8.68. The minimum Gasteiger partial charge on any atom is -0.453 e. The van der Waals surface area contributed by atoms with Crippen LogP contribution in [0.25, 0.3) is 22.6 Å². The number of hydrogen-bond acceptors (Lipinski definition) is 4. The molecule has 2 aliphatic rings. The molecule has 0 amide bonds. The fourth-order valence-corrected chi connectivity index (χ4v) is 3.16. The van der Waals surface area contributed by atoms with Crippen molar-refractivity contribution >= 4 is 16.8 Å². The zero-order valence-electron chi connectivity index (χ0n) is 15.2. The van der Waals surface area contributed by atoms with Crippen LogP contribution in [0.3, 0.4) is 0 Å². The highest BCUT2D eigenvalue weighted by Gasteiger charge is 2.14. The number of fused-ring (bicyclic) bond motifs is 2. The SMILES string of the molecule is CC/N=c1/cc2oc3cc(N(CC)CC)c(C)cc3nc-2cc1C. The van der Waals surface area contributed by atoms with Gasteiger partial charge in [0.2, 0.25) is 0 Å². The van der Waals surface area contributed by atoms with Crippen LogP contribution < -0.4 is 10.3 Å². The summed E-state index contributed by atoms with van der Waals surface area (Å²) < 4.78 is 6.17. The standard InChI is InChI=1S/C20H25N3O/c1-6-21-15-11-19-16(9-13(15)4)22-17-10-14(5)18(12-20(17)24-19)23(7-2)8-3/h9-12H,6-8H2,1-5H3/b21-15-. The van der Waals surface area contributed by atoms with E-state index in [1.807, 2.05) is 13.0 Å². The molecule has 4 heteroatoms. The summed E-state index contributed by atoms with van der Waals surface area (Å²) in [6, 6.07) is 8.28. The van der Waals surface area contributed by atoms with Gasteiger partial charge in [0.05, 0.1) is 5.36 Å². The molecule has 1 heterocycles. The first-order chi connectivity index (χ1) is 11.6. The first-order valence-corrected chi connectivity index (χ1v) is 8.68. The molecule has 0 saturated carbocycles. The third-order valence-electron chi connectivity index (χ3n) is 4.45. The Balaban J connectivity index is 2.26. The summed E-state index contributed by atoms with van der Waals surface area (Å²) in [5.41, 5.74) is 6.16. The molecule has 1 aliphatic heterocycles. The van der Waals surface area contributed by atoms with E-state index in [0.29, 0.717) is 0 Å². The summed E-state index contributed by atoms with van der Waals surface area (Å²) in [7, 11) is 0. The minimum atomic E-state index is 0.763. The van der Waals surface area contributed by atoms with Crippen molar-refractivity contribution in [1.29, 1.82) is 0 Å². The Morgan fingerprint density at radius 1 is 1.00 bits per heavy atom. The Morgan fingerprint density at radius 2 is 1.75 bits per heavy atom. The van der Waals surface area contributed by atoms with Crippen molar-refractivity contribution in [3.05, 3.63) is 40.7 Å². The van der Waals surface area contributed by atoms with Crippen molar-refractivity contribution in [2.75, 3.05) is 24.5 Å². The number of benzene rings is 2. The van der Waals surface area contributed by atoms with Crippen molar-refractivity contribution in [3.63, 3.8) is 0 Å². The van der Waals surface area contributed by atoms with Crippen LogP contribution in [0.2, 0.25) is 0 Å². The van der Waals surface area contributed by atoms with Gasteiger partial charge in [0.1, 0.15) is 11.2 Å². The number of hydrogen-bond donors (Lipinski definition) is 0. The van der Waals surface area contributed by atoms with Gasteiger partial charge in [0.25, 0.3) is 0 Å². The molecule has 0 atom stereocenters. The summed E-state index contributed by atoms with van der Waals surface area (Å²) in [6.45, 7) is 13.3. The van der Waals surface area contributed by atoms with Crippen molar-refractivity contribution in [2.45, 2.75) is 34.6 Å². The summed E-state index contributed by atoms with van der Waals surface area (Å²) >= 11 is 0. The van der Waals surface area contributed by atoms with E-state index in [9.17, 15) is 0 Å². The summed E-state index contributed by atoms with van der Waals surface area (Å²) in [6.07, 6.45) is 0. The van der Waals surface area contributed by atoms with Gasteiger partial charge in [-0.1, -0.05) is 0 Å². The van der Waals surface area contributed by atoms with Crippen molar-refractivity contribution in [1.82, 2.24) is 4.98 Å². The number of aromatic nitrogens is 1. The number of anilines is 1. The van der Waals surface area contributed by atoms with Crippen molar-refractivity contribution in [3.8, 4) is 11.5 Å². The van der Waals surface area contributed by atoms with Gasteiger partial charge in [-0.15, -0.1) is 0 Å². The van der Waals surface area contributed by atoms with Crippen LogP contribution in [0.5, 0.6) is 0 Å². The van der Waals surface area contributed by atoms with Gasteiger partial charge in [-0.2, -0.15) is 0 Å². The molecule has 126 valence electrons. The molecular formula is C20H25N3O. The molecule has 1 aliphatic carbocycles. The topological polar surface area (TPSA) is 41.6 Å². The zero-order chi connectivity index (χ0) is 17.3. The Kier molecular flexibility index (Phi) is 4.56. The maximum Gasteiger partial charge on any atom is 0.155 e. The van der Waals surface area contributed by atoms with Gasteiger partial charge in [0, 0.05) is 37.5 Å². The quantitative estimate of drug-likeness (QED) is 0.672. The highest BCUT2D eigenvalue weighted by molar-refractivity contribution is 5.82. The van der Waals surface area contributed by atoms with E-state index in [1.165, 1.54) is 11.3 Å². The van der Waals surface area contributed by atoms with E-state index >= 15 is 0 Å². The zero-order valence-corrected chi connectivity index (χ0v) is 15.2. The Morgan fingerprint density at radius 3 is 2.42 bits per heavy atom. The highest BCUT2D eigenvalue weighted by Crippen LogP contribution is 2.30. The van der Waals surface area contributed by atoms with Gasteiger partial charge in [-0.05, 0) is 57.9 Å². The summed E-state index contributed by atoms with van der Waals surface area (Å²) in [4.78, 5) is 11.7. The van der Waals surface area contributed by atoms with E-state index in [2.05, 4.69) is 55.8 Å². The molecule has 0 N–H and O–H groups in total. The lowest BCUT2D eigenvalue weighted by Gasteiger charge is -2.23. The second kappa shape index (κ2) is 6.63. The number of rotatable bonds is 4. The van der Waals surface area contributed by atoms with Crippen LogP contribution in [0, 0.1) is 13.8 Å². The molecular weight excluding hydrogens is 298 g/mol. The fraction of sp³-hybridized carbons (Fsp3) is 0.400. The molecule has 0 fully saturated rings. The third kappa shape index (κ3) is 2.88. The number of aryl methyl sites for hydroxylation is 2. The largest absolute Gasteiger partial charge is 0.453 e. The third-order valence-corrected chi connectivity index (χ3v) is 4.45. The fourth-order valence-electron chi connectivity index (χ4n) is 3.16. The highest BCUT2D eigenvalue weighted by atomic mass is 16.3. The summed E-state index contributed by atoms with van der Waals surface area (Å²) in [5, 5.41) is 0.978. The molecule has 0 bridgehead atoms. The molecule has 0 radical (unpaired) electrons. The van der Waals surface area contributed by atoms with E-state index in [4.69, 9.17) is 9.40 Å².